The molecule has 1 heterocycles. The lowest BCUT2D eigenvalue weighted by Crippen LogP contribution is -2.48. The highest BCUT2D eigenvalue weighted by Gasteiger charge is 2.20. The molecule has 1 aliphatic heterocycles. The number of hydrogen-bond acceptors (Lipinski definition) is 3. The van der Waals surface area contributed by atoms with Gasteiger partial charge in [-0.3, -0.25) is 9.89 Å². The van der Waals surface area contributed by atoms with E-state index in [9.17, 15) is 5.11 Å². The minimum Gasteiger partial charge on any atom is -0.508 e. The van der Waals surface area contributed by atoms with Crippen LogP contribution in [0.3, 0.4) is 0 Å². The van der Waals surface area contributed by atoms with Crippen LogP contribution in [-0.2, 0) is 13.0 Å². The number of likely N-dealkylation sites (tertiary alicyclic amines) is 1. The molecule has 1 saturated heterocycles. The van der Waals surface area contributed by atoms with Gasteiger partial charge < -0.3 is 15.7 Å². The molecule has 30 heavy (non-hydrogen) atoms. The Morgan fingerprint density at radius 1 is 1.13 bits per heavy atom. The van der Waals surface area contributed by atoms with E-state index in [2.05, 4.69) is 34.6 Å². The molecule has 0 saturated carbocycles. The third-order valence-corrected chi connectivity index (χ3v) is 5.43. The summed E-state index contributed by atoms with van der Waals surface area (Å²) in [5.41, 5.74) is 2.41. The second kappa shape index (κ2) is 13.0. The number of hydrogen-bond donors (Lipinski definition) is 3. The number of guanidine groups is 1. The lowest BCUT2D eigenvalue weighted by molar-refractivity contribution is 0.198. The van der Waals surface area contributed by atoms with E-state index in [1.807, 2.05) is 24.3 Å². The van der Waals surface area contributed by atoms with Crippen molar-refractivity contribution in [2.75, 3.05) is 26.2 Å². The molecule has 7 heteroatoms. The molecule has 3 N–H and O–H groups in total. The minimum atomic E-state index is 0. The van der Waals surface area contributed by atoms with Gasteiger partial charge in [-0.2, -0.15) is 0 Å². The Labute approximate surface area is 201 Å². The molecule has 0 bridgehead atoms. The van der Waals surface area contributed by atoms with Gasteiger partial charge in [0.05, 0.1) is 0 Å². The van der Waals surface area contributed by atoms with Crippen LogP contribution in [-0.4, -0.2) is 48.2 Å². The monoisotopic (exact) mass is 542 g/mol. The summed E-state index contributed by atoms with van der Waals surface area (Å²) in [6.45, 7) is 6.73. The van der Waals surface area contributed by atoms with E-state index in [-0.39, 0.29) is 24.0 Å². The van der Waals surface area contributed by atoms with E-state index in [4.69, 9.17) is 16.6 Å². The fraction of sp³-hybridized carbons (Fsp3) is 0.435. The van der Waals surface area contributed by atoms with Crippen molar-refractivity contribution in [2.24, 2.45) is 4.99 Å². The number of piperidine rings is 1. The van der Waals surface area contributed by atoms with Crippen molar-refractivity contribution in [3.8, 4) is 5.75 Å². The summed E-state index contributed by atoms with van der Waals surface area (Å²) in [5, 5.41) is 17.3. The van der Waals surface area contributed by atoms with Crippen LogP contribution in [0.4, 0.5) is 0 Å². The quantitative estimate of drug-likeness (QED) is 0.275. The number of benzene rings is 2. The van der Waals surface area contributed by atoms with Crippen molar-refractivity contribution in [1.29, 1.82) is 0 Å². The number of rotatable bonds is 7. The maximum Gasteiger partial charge on any atom is 0.191 e. The maximum absolute atomic E-state index is 9.58. The Morgan fingerprint density at radius 2 is 1.87 bits per heavy atom. The van der Waals surface area contributed by atoms with Crippen LogP contribution in [0.2, 0.25) is 5.02 Å². The zero-order valence-corrected chi connectivity index (χ0v) is 20.6. The van der Waals surface area contributed by atoms with Crippen molar-refractivity contribution in [3.63, 3.8) is 0 Å². The van der Waals surface area contributed by atoms with Gasteiger partial charge in [-0.15, -0.1) is 24.0 Å². The van der Waals surface area contributed by atoms with E-state index < -0.39 is 0 Å². The molecule has 0 unspecified atom stereocenters. The summed E-state index contributed by atoms with van der Waals surface area (Å²) in [4.78, 5) is 7.21. The first-order valence-corrected chi connectivity index (χ1v) is 10.8. The SMILES string of the molecule is CCNC(=NCCc1cccc(O)c1)NC1CCN(Cc2ccc(Cl)cc2)CC1.I. The van der Waals surface area contributed by atoms with E-state index in [0.29, 0.717) is 18.3 Å². The van der Waals surface area contributed by atoms with Gasteiger partial charge in [-0.05, 0) is 61.6 Å². The van der Waals surface area contributed by atoms with Crippen molar-refractivity contribution in [2.45, 2.75) is 38.8 Å². The summed E-state index contributed by atoms with van der Waals surface area (Å²) < 4.78 is 0. The van der Waals surface area contributed by atoms with Gasteiger partial charge >= 0.3 is 0 Å². The lowest BCUT2D eigenvalue weighted by Gasteiger charge is -2.33. The van der Waals surface area contributed by atoms with E-state index in [1.54, 1.807) is 12.1 Å². The number of aromatic hydroxyl groups is 1. The Morgan fingerprint density at radius 3 is 2.53 bits per heavy atom. The molecule has 2 aromatic carbocycles. The van der Waals surface area contributed by atoms with Crippen LogP contribution in [0.25, 0.3) is 0 Å². The largest absolute Gasteiger partial charge is 0.508 e. The standard InChI is InChI=1S/C23H31ClN4O.HI/c1-2-25-23(26-13-10-18-4-3-5-22(29)16-18)27-21-11-14-28(15-12-21)17-19-6-8-20(24)9-7-19;/h3-9,16,21,29H,2,10-15,17H2,1H3,(H2,25,26,27);1H. The van der Waals surface area contributed by atoms with Crippen LogP contribution in [0.5, 0.6) is 5.75 Å². The van der Waals surface area contributed by atoms with Crippen molar-refractivity contribution < 1.29 is 5.11 Å². The van der Waals surface area contributed by atoms with Gasteiger partial charge in [0.15, 0.2) is 5.96 Å². The van der Waals surface area contributed by atoms with E-state index in [0.717, 1.165) is 62.0 Å². The fourth-order valence-electron chi connectivity index (χ4n) is 3.61. The third-order valence-electron chi connectivity index (χ3n) is 5.17. The van der Waals surface area contributed by atoms with Crippen molar-refractivity contribution >= 4 is 41.5 Å². The average molecular weight is 543 g/mol. The average Bonchev–Trinajstić information content (AvgIpc) is 2.71. The second-order valence-corrected chi connectivity index (χ2v) is 7.94. The van der Waals surface area contributed by atoms with Gasteiger partial charge in [-0.25, -0.2) is 0 Å². The summed E-state index contributed by atoms with van der Waals surface area (Å²) in [6.07, 6.45) is 3.01. The van der Waals surface area contributed by atoms with Crippen molar-refractivity contribution in [1.82, 2.24) is 15.5 Å². The van der Waals surface area contributed by atoms with E-state index in [1.165, 1.54) is 5.56 Å². The molecule has 0 aromatic heterocycles. The fourth-order valence-corrected chi connectivity index (χ4v) is 3.73. The molecule has 1 fully saturated rings. The molecule has 0 amide bonds. The van der Waals surface area contributed by atoms with Gasteiger partial charge in [0.1, 0.15) is 5.75 Å². The van der Waals surface area contributed by atoms with Gasteiger partial charge in [0, 0.05) is 43.8 Å². The highest BCUT2D eigenvalue weighted by molar-refractivity contribution is 14.0. The molecule has 0 spiro atoms. The topological polar surface area (TPSA) is 59.9 Å². The smallest absolute Gasteiger partial charge is 0.191 e. The molecule has 5 nitrogen and oxygen atoms in total. The Balaban J connectivity index is 0.00000320. The van der Waals surface area contributed by atoms with Gasteiger partial charge in [0.2, 0.25) is 0 Å². The van der Waals surface area contributed by atoms with E-state index >= 15 is 0 Å². The number of nitrogens with zero attached hydrogens (tertiary/aromatic N) is 2. The summed E-state index contributed by atoms with van der Waals surface area (Å²) in [7, 11) is 0. The number of nitrogens with one attached hydrogen (secondary N) is 2. The van der Waals surface area contributed by atoms with Crippen LogP contribution >= 0.6 is 35.6 Å². The van der Waals surface area contributed by atoms with Gasteiger partial charge in [-0.1, -0.05) is 35.9 Å². The van der Waals surface area contributed by atoms with Crippen molar-refractivity contribution in [3.05, 3.63) is 64.7 Å². The molecule has 0 atom stereocenters. The highest BCUT2D eigenvalue weighted by Crippen LogP contribution is 2.16. The predicted molar refractivity (Wildman–Crippen MR) is 136 cm³/mol. The third kappa shape index (κ3) is 8.32. The number of aliphatic imine (C=N–C) groups is 1. The molecule has 0 radical (unpaired) electrons. The molecule has 0 aliphatic carbocycles. The number of phenolic OH excluding ortho intramolecular Hbond substituents is 1. The molecule has 2 aromatic rings. The first-order valence-electron chi connectivity index (χ1n) is 10.4. The summed E-state index contributed by atoms with van der Waals surface area (Å²) in [5.74, 6) is 1.19. The second-order valence-electron chi connectivity index (χ2n) is 7.50. The number of phenols is 1. The zero-order chi connectivity index (χ0) is 20.5. The van der Waals surface area contributed by atoms with Crippen LogP contribution in [0, 0.1) is 0 Å². The number of halogens is 2. The molecule has 3 rings (SSSR count). The maximum atomic E-state index is 9.58. The first kappa shape index (κ1) is 24.8. The Hall–Kier alpha value is -1.51. The van der Waals surface area contributed by atoms with Crippen LogP contribution in [0.15, 0.2) is 53.5 Å². The normalized spacial score (nSPS) is 15.5. The van der Waals surface area contributed by atoms with Crippen LogP contribution in [0.1, 0.15) is 30.9 Å². The molecule has 1 aliphatic rings. The molecular weight excluding hydrogens is 511 g/mol. The predicted octanol–water partition coefficient (Wildman–Crippen LogP) is 4.43. The minimum absolute atomic E-state index is 0. The Kier molecular flexibility index (Phi) is 10.7. The molecule has 164 valence electrons. The van der Waals surface area contributed by atoms with Crippen LogP contribution < -0.4 is 10.6 Å². The van der Waals surface area contributed by atoms with Gasteiger partial charge in [0.25, 0.3) is 0 Å². The zero-order valence-electron chi connectivity index (χ0n) is 17.5. The lowest BCUT2D eigenvalue weighted by atomic mass is 10.0. The summed E-state index contributed by atoms with van der Waals surface area (Å²) >= 11 is 5.98. The first-order chi connectivity index (χ1) is 14.1. The molecular formula is C23H32ClIN4O. The highest BCUT2D eigenvalue weighted by atomic mass is 127. The summed E-state index contributed by atoms with van der Waals surface area (Å²) in [6, 6.07) is 16.0. The Bertz CT molecular complexity index is 792.